The van der Waals surface area contributed by atoms with Gasteiger partial charge in [0, 0.05) is 18.6 Å². The molecule has 2 aliphatic rings. The van der Waals surface area contributed by atoms with Gasteiger partial charge in [0.05, 0.1) is 12.7 Å². The number of hydrogen-bond donors (Lipinski definition) is 1. The number of hydrogen-bond acceptors (Lipinski definition) is 3. The zero-order valence-corrected chi connectivity index (χ0v) is 10.7. The van der Waals surface area contributed by atoms with Crippen LogP contribution >= 0.6 is 0 Å². The van der Waals surface area contributed by atoms with Crippen molar-refractivity contribution in [3.8, 4) is 0 Å². The SMILES string of the molecule is CCC(C)CC(N)C1CN2CCCC2CO1. The highest BCUT2D eigenvalue weighted by atomic mass is 16.5. The highest BCUT2D eigenvalue weighted by molar-refractivity contribution is 4.89. The van der Waals surface area contributed by atoms with Gasteiger partial charge in [-0.25, -0.2) is 0 Å². The third-order valence-corrected chi connectivity index (χ3v) is 4.27. The Morgan fingerprint density at radius 3 is 3.06 bits per heavy atom. The quantitative estimate of drug-likeness (QED) is 0.791. The number of rotatable bonds is 4. The van der Waals surface area contributed by atoms with Crippen molar-refractivity contribution in [2.75, 3.05) is 19.7 Å². The molecule has 0 bridgehead atoms. The average molecular weight is 226 g/mol. The van der Waals surface area contributed by atoms with Crippen molar-refractivity contribution in [1.29, 1.82) is 0 Å². The summed E-state index contributed by atoms with van der Waals surface area (Å²) in [6, 6.07) is 0.906. The first-order chi connectivity index (χ1) is 7.70. The number of ether oxygens (including phenoxy) is 1. The highest BCUT2D eigenvalue weighted by Crippen LogP contribution is 2.24. The number of fused-ring (bicyclic) bond motifs is 1. The van der Waals surface area contributed by atoms with Crippen LogP contribution in [-0.2, 0) is 4.74 Å². The molecule has 3 heteroatoms. The Bertz CT molecular complexity index is 222. The molecule has 2 fully saturated rings. The Labute approximate surface area is 99.3 Å². The van der Waals surface area contributed by atoms with Crippen LogP contribution in [0.2, 0.25) is 0 Å². The molecule has 0 aliphatic carbocycles. The molecule has 0 radical (unpaired) electrons. The van der Waals surface area contributed by atoms with E-state index < -0.39 is 0 Å². The van der Waals surface area contributed by atoms with Crippen LogP contribution in [0.15, 0.2) is 0 Å². The van der Waals surface area contributed by atoms with Crippen LogP contribution in [0, 0.1) is 5.92 Å². The monoisotopic (exact) mass is 226 g/mol. The standard InChI is InChI=1S/C13H26N2O/c1-3-10(2)7-12(14)13-8-15-6-4-5-11(15)9-16-13/h10-13H,3-9,14H2,1-2H3. The topological polar surface area (TPSA) is 38.5 Å². The maximum Gasteiger partial charge on any atom is 0.0853 e. The molecule has 2 rings (SSSR count). The fraction of sp³-hybridized carbons (Fsp3) is 1.00. The Balaban J connectivity index is 1.81. The van der Waals surface area contributed by atoms with E-state index in [1.807, 2.05) is 0 Å². The van der Waals surface area contributed by atoms with Crippen LogP contribution < -0.4 is 5.73 Å². The average Bonchev–Trinajstić information content (AvgIpc) is 2.75. The summed E-state index contributed by atoms with van der Waals surface area (Å²) in [4.78, 5) is 2.57. The molecule has 4 unspecified atom stereocenters. The zero-order chi connectivity index (χ0) is 11.5. The van der Waals surface area contributed by atoms with Gasteiger partial charge < -0.3 is 10.5 Å². The molecule has 94 valence electrons. The van der Waals surface area contributed by atoms with Gasteiger partial charge in [0.25, 0.3) is 0 Å². The molecule has 2 saturated heterocycles. The van der Waals surface area contributed by atoms with Gasteiger partial charge in [-0.05, 0) is 31.7 Å². The van der Waals surface area contributed by atoms with E-state index in [1.54, 1.807) is 0 Å². The van der Waals surface area contributed by atoms with E-state index >= 15 is 0 Å². The van der Waals surface area contributed by atoms with Crippen molar-refractivity contribution in [3.63, 3.8) is 0 Å². The minimum Gasteiger partial charge on any atom is -0.374 e. The highest BCUT2D eigenvalue weighted by Gasteiger charge is 2.34. The van der Waals surface area contributed by atoms with E-state index in [-0.39, 0.29) is 12.1 Å². The summed E-state index contributed by atoms with van der Waals surface area (Å²) in [5.74, 6) is 0.718. The largest absolute Gasteiger partial charge is 0.374 e. The van der Waals surface area contributed by atoms with Gasteiger partial charge in [-0.3, -0.25) is 4.90 Å². The van der Waals surface area contributed by atoms with E-state index in [2.05, 4.69) is 18.7 Å². The van der Waals surface area contributed by atoms with Gasteiger partial charge in [0.15, 0.2) is 0 Å². The predicted molar refractivity (Wildman–Crippen MR) is 66.4 cm³/mol. The van der Waals surface area contributed by atoms with Crippen LogP contribution in [0.3, 0.4) is 0 Å². The van der Waals surface area contributed by atoms with Gasteiger partial charge in [-0.15, -0.1) is 0 Å². The third kappa shape index (κ3) is 2.76. The number of morpholine rings is 1. The van der Waals surface area contributed by atoms with Gasteiger partial charge in [0.1, 0.15) is 0 Å². The zero-order valence-electron chi connectivity index (χ0n) is 10.7. The third-order valence-electron chi connectivity index (χ3n) is 4.27. The molecule has 3 nitrogen and oxygen atoms in total. The molecule has 0 aromatic rings. The second kappa shape index (κ2) is 5.48. The van der Waals surface area contributed by atoms with Gasteiger partial charge >= 0.3 is 0 Å². The summed E-state index contributed by atoms with van der Waals surface area (Å²) in [6.07, 6.45) is 5.23. The molecule has 2 N–H and O–H groups in total. The molecule has 4 atom stereocenters. The molecule has 16 heavy (non-hydrogen) atoms. The molecular formula is C13H26N2O. The van der Waals surface area contributed by atoms with E-state index in [9.17, 15) is 0 Å². The number of nitrogens with two attached hydrogens (primary N) is 1. The van der Waals surface area contributed by atoms with Crippen LogP contribution in [-0.4, -0.2) is 42.8 Å². The van der Waals surface area contributed by atoms with Gasteiger partial charge in [0.2, 0.25) is 0 Å². The van der Waals surface area contributed by atoms with E-state index in [1.165, 1.54) is 25.8 Å². The van der Waals surface area contributed by atoms with Crippen LogP contribution in [0.25, 0.3) is 0 Å². The predicted octanol–water partition coefficient (Wildman–Crippen LogP) is 1.61. The van der Waals surface area contributed by atoms with Crippen molar-refractivity contribution in [3.05, 3.63) is 0 Å². The Morgan fingerprint density at radius 1 is 1.50 bits per heavy atom. The molecule has 2 heterocycles. The second-order valence-electron chi connectivity index (χ2n) is 5.58. The lowest BCUT2D eigenvalue weighted by Crippen LogP contribution is -2.53. The van der Waals surface area contributed by atoms with Crippen molar-refractivity contribution < 1.29 is 4.74 Å². The molecule has 0 spiro atoms. The van der Waals surface area contributed by atoms with Gasteiger partial charge in [-0.1, -0.05) is 20.3 Å². The van der Waals surface area contributed by atoms with Crippen LogP contribution in [0.5, 0.6) is 0 Å². The summed E-state index contributed by atoms with van der Waals surface area (Å²) < 4.78 is 5.93. The summed E-state index contributed by atoms with van der Waals surface area (Å²) in [5, 5.41) is 0. The first-order valence-corrected chi connectivity index (χ1v) is 6.82. The lowest BCUT2D eigenvalue weighted by atomic mass is 9.95. The molecule has 0 aromatic heterocycles. The summed E-state index contributed by atoms with van der Waals surface area (Å²) in [6.45, 7) is 7.72. The minimum absolute atomic E-state index is 0.219. The summed E-state index contributed by atoms with van der Waals surface area (Å²) in [5.41, 5.74) is 6.26. The molecule has 0 amide bonds. The number of nitrogens with zero attached hydrogens (tertiary/aromatic N) is 1. The van der Waals surface area contributed by atoms with Crippen molar-refractivity contribution >= 4 is 0 Å². The van der Waals surface area contributed by atoms with Crippen molar-refractivity contribution in [2.45, 2.75) is 57.7 Å². The molecular weight excluding hydrogens is 200 g/mol. The second-order valence-corrected chi connectivity index (χ2v) is 5.58. The first kappa shape index (κ1) is 12.3. The minimum atomic E-state index is 0.219. The maximum atomic E-state index is 6.26. The molecule has 0 saturated carbocycles. The smallest absolute Gasteiger partial charge is 0.0853 e. The summed E-state index contributed by atoms with van der Waals surface area (Å²) in [7, 11) is 0. The fourth-order valence-corrected chi connectivity index (χ4v) is 2.88. The lowest BCUT2D eigenvalue weighted by molar-refractivity contribution is -0.0616. The van der Waals surface area contributed by atoms with Crippen molar-refractivity contribution in [2.24, 2.45) is 11.7 Å². The summed E-state index contributed by atoms with van der Waals surface area (Å²) >= 11 is 0. The Morgan fingerprint density at radius 2 is 2.31 bits per heavy atom. The Kier molecular flexibility index (Phi) is 4.22. The molecule has 0 aromatic carbocycles. The first-order valence-electron chi connectivity index (χ1n) is 6.82. The Hall–Kier alpha value is -0.120. The molecule has 2 aliphatic heterocycles. The van der Waals surface area contributed by atoms with E-state index in [0.717, 1.165) is 25.5 Å². The van der Waals surface area contributed by atoms with Crippen molar-refractivity contribution in [1.82, 2.24) is 4.90 Å². The van der Waals surface area contributed by atoms with Crippen LogP contribution in [0.4, 0.5) is 0 Å². The van der Waals surface area contributed by atoms with Crippen LogP contribution in [0.1, 0.15) is 39.5 Å². The normalized spacial score (nSPS) is 34.7. The lowest BCUT2D eigenvalue weighted by Gasteiger charge is -2.38. The fourth-order valence-electron chi connectivity index (χ4n) is 2.88. The van der Waals surface area contributed by atoms with E-state index in [4.69, 9.17) is 10.5 Å². The van der Waals surface area contributed by atoms with E-state index in [0.29, 0.717) is 6.04 Å². The maximum absolute atomic E-state index is 6.26. The van der Waals surface area contributed by atoms with Gasteiger partial charge in [-0.2, -0.15) is 0 Å².